The number of hydrogen-bond donors (Lipinski definition) is 2. The van der Waals surface area contributed by atoms with Gasteiger partial charge in [0.25, 0.3) is 5.92 Å². The SMILES string of the molecule is N[C@@H]1CC[C@@H](C(=O)O)CCC1(F)F. The molecule has 0 aromatic rings. The van der Waals surface area contributed by atoms with E-state index in [4.69, 9.17) is 10.8 Å². The number of aliphatic carboxylic acids is 1. The van der Waals surface area contributed by atoms with Gasteiger partial charge >= 0.3 is 5.97 Å². The number of hydrogen-bond acceptors (Lipinski definition) is 2. The summed E-state index contributed by atoms with van der Waals surface area (Å²) in [5, 5.41) is 8.63. The predicted octanol–water partition coefficient (Wildman–Crippen LogP) is 1.22. The zero-order valence-electron chi connectivity index (χ0n) is 7.17. The fourth-order valence-corrected chi connectivity index (χ4v) is 1.54. The lowest BCUT2D eigenvalue weighted by Crippen LogP contribution is -2.39. The van der Waals surface area contributed by atoms with E-state index in [2.05, 4.69) is 0 Å². The molecule has 1 saturated carbocycles. The van der Waals surface area contributed by atoms with E-state index >= 15 is 0 Å². The molecule has 0 bridgehead atoms. The van der Waals surface area contributed by atoms with Crippen LogP contribution < -0.4 is 5.73 Å². The fraction of sp³-hybridized carbons (Fsp3) is 0.875. The first kappa shape index (κ1) is 10.4. The third kappa shape index (κ3) is 2.37. The van der Waals surface area contributed by atoms with Crippen molar-refractivity contribution in [1.29, 1.82) is 0 Å². The Kier molecular flexibility index (Phi) is 2.85. The monoisotopic (exact) mass is 193 g/mol. The smallest absolute Gasteiger partial charge is 0.306 e. The molecule has 1 fully saturated rings. The summed E-state index contributed by atoms with van der Waals surface area (Å²) < 4.78 is 26.0. The lowest BCUT2D eigenvalue weighted by Gasteiger charge is -2.19. The minimum atomic E-state index is -2.90. The molecule has 3 nitrogen and oxygen atoms in total. The second-order valence-electron chi connectivity index (χ2n) is 3.52. The van der Waals surface area contributed by atoms with Gasteiger partial charge in [0.15, 0.2) is 0 Å². The summed E-state index contributed by atoms with van der Waals surface area (Å²) in [7, 11) is 0. The van der Waals surface area contributed by atoms with Crippen molar-refractivity contribution in [1.82, 2.24) is 0 Å². The van der Waals surface area contributed by atoms with Crippen molar-refractivity contribution >= 4 is 5.97 Å². The molecule has 76 valence electrons. The fourth-order valence-electron chi connectivity index (χ4n) is 1.54. The van der Waals surface area contributed by atoms with Crippen LogP contribution in [0.4, 0.5) is 8.78 Å². The quantitative estimate of drug-likeness (QED) is 0.615. The van der Waals surface area contributed by atoms with Crippen LogP contribution in [0, 0.1) is 5.92 Å². The first-order chi connectivity index (χ1) is 5.93. The van der Waals surface area contributed by atoms with Crippen molar-refractivity contribution in [2.45, 2.75) is 37.6 Å². The molecule has 0 unspecified atom stereocenters. The van der Waals surface area contributed by atoms with E-state index in [1.165, 1.54) is 0 Å². The molecule has 0 heterocycles. The van der Waals surface area contributed by atoms with Crippen LogP contribution >= 0.6 is 0 Å². The maximum Gasteiger partial charge on any atom is 0.306 e. The van der Waals surface area contributed by atoms with E-state index in [1.807, 2.05) is 0 Å². The highest BCUT2D eigenvalue weighted by molar-refractivity contribution is 5.69. The molecule has 0 aliphatic heterocycles. The van der Waals surface area contributed by atoms with Gasteiger partial charge in [-0.25, -0.2) is 8.78 Å². The average Bonchev–Trinajstić information content (AvgIpc) is 2.13. The van der Waals surface area contributed by atoms with Gasteiger partial charge in [-0.05, 0) is 19.3 Å². The van der Waals surface area contributed by atoms with Crippen LogP contribution in [0.5, 0.6) is 0 Å². The molecule has 0 spiro atoms. The van der Waals surface area contributed by atoms with Crippen LogP contribution in [0.25, 0.3) is 0 Å². The summed E-state index contributed by atoms with van der Waals surface area (Å²) in [6.07, 6.45) is -0.0444. The van der Waals surface area contributed by atoms with Gasteiger partial charge < -0.3 is 10.8 Å². The summed E-state index contributed by atoms with van der Waals surface area (Å²) in [5.74, 6) is -4.55. The van der Waals surface area contributed by atoms with Crippen LogP contribution in [0.3, 0.4) is 0 Å². The Morgan fingerprint density at radius 3 is 2.54 bits per heavy atom. The number of alkyl halides is 2. The Labute approximate surface area is 74.9 Å². The zero-order valence-corrected chi connectivity index (χ0v) is 7.17. The average molecular weight is 193 g/mol. The Balaban J connectivity index is 2.62. The van der Waals surface area contributed by atoms with Gasteiger partial charge in [-0.3, -0.25) is 4.79 Å². The summed E-state index contributed by atoms with van der Waals surface area (Å²) in [4.78, 5) is 10.5. The minimum Gasteiger partial charge on any atom is -0.481 e. The van der Waals surface area contributed by atoms with Gasteiger partial charge in [0.2, 0.25) is 0 Å². The minimum absolute atomic E-state index is 0.0238. The van der Waals surface area contributed by atoms with Crippen LogP contribution in [-0.2, 0) is 4.79 Å². The van der Waals surface area contributed by atoms with Gasteiger partial charge in [0, 0.05) is 6.42 Å². The second kappa shape index (κ2) is 3.57. The largest absolute Gasteiger partial charge is 0.481 e. The molecule has 2 atom stereocenters. The second-order valence-corrected chi connectivity index (χ2v) is 3.52. The van der Waals surface area contributed by atoms with E-state index in [9.17, 15) is 13.6 Å². The molecule has 0 amide bonds. The molecule has 0 saturated heterocycles. The molecule has 1 aliphatic rings. The third-order valence-electron chi connectivity index (χ3n) is 2.54. The number of rotatable bonds is 1. The Morgan fingerprint density at radius 1 is 1.38 bits per heavy atom. The van der Waals surface area contributed by atoms with E-state index in [-0.39, 0.29) is 19.3 Å². The van der Waals surface area contributed by atoms with Crippen molar-refractivity contribution in [3.63, 3.8) is 0 Å². The molecular formula is C8H13F2NO2. The van der Waals surface area contributed by atoms with Gasteiger partial charge in [-0.1, -0.05) is 0 Å². The molecular weight excluding hydrogens is 180 g/mol. The van der Waals surface area contributed by atoms with Crippen LogP contribution in [0.2, 0.25) is 0 Å². The summed E-state index contributed by atoms with van der Waals surface area (Å²) in [6, 6.07) is -1.18. The lowest BCUT2D eigenvalue weighted by atomic mass is 10.0. The third-order valence-corrected chi connectivity index (χ3v) is 2.54. The highest BCUT2D eigenvalue weighted by atomic mass is 19.3. The van der Waals surface area contributed by atoms with Crippen molar-refractivity contribution in [2.75, 3.05) is 0 Å². The molecule has 0 radical (unpaired) electrons. The maximum atomic E-state index is 13.0. The molecule has 3 N–H and O–H groups in total. The summed E-state index contributed by atoms with van der Waals surface area (Å²) in [6.45, 7) is 0. The number of carboxylic acid groups (broad SMARTS) is 1. The molecule has 1 aliphatic carbocycles. The number of nitrogens with two attached hydrogens (primary N) is 1. The zero-order chi connectivity index (χ0) is 10.1. The Morgan fingerprint density at radius 2 is 2.00 bits per heavy atom. The van der Waals surface area contributed by atoms with Crippen molar-refractivity contribution in [2.24, 2.45) is 11.7 Å². The van der Waals surface area contributed by atoms with Crippen LogP contribution in [0.15, 0.2) is 0 Å². The first-order valence-electron chi connectivity index (χ1n) is 4.29. The molecule has 13 heavy (non-hydrogen) atoms. The van der Waals surface area contributed by atoms with Crippen LogP contribution in [-0.4, -0.2) is 23.0 Å². The normalized spacial score (nSPS) is 33.8. The standard InChI is InChI=1S/C8H13F2NO2/c9-8(10)4-3-5(7(12)13)1-2-6(8)11/h5-6H,1-4,11H2,(H,12,13)/t5-,6-/m1/s1. The predicted molar refractivity (Wildman–Crippen MR) is 42.5 cm³/mol. The molecule has 0 aromatic heterocycles. The van der Waals surface area contributed by atoms with Crippen molar-refractivity contribution < 1.29 is 18.7 Å². The summed E-state index contributed by atoms with van der Waals surface area (Å²) in [5.41, 5.74) is 5.23. The highest BCUT2D eigenvalue weighted by Gasteiger charge is 2.40. The van der Waals surface area contributed by atoms with E-state index in [1.54, 1.807) is 0 Å². The number of halogens is 2. The number of carboxylic acids is 1. The van der Waals surface area contributed by atoms with Gasteiger partial charge in [-0.15, -0.1) is 0 Å². The number of carbonyl (C=O) groups is 1. The molecule has 5 heteroatoms. The van der Waals surface area contributed by atoms with Crippen LogP contribution in [0.1, 0.15) is 25.7 Å². The Hall–Kier alpha value is -0.710. The highest BCUT2D eigenvalue weighted by Crippen LogP contribution is 2.33. The van der Waals surface area contributed by atoms with Gasteiger partial charge in [-0.2, -0.15) is 0 Å². The molecule has 1 rings (SSSR count). The Bertz CT molecular complexity index is 208. The van der Waals surface area contributed by atoms with E-state index < -0.39 is 30.3 Å². The molecule has 0 aromatic carbocycles. The van der Waals surface area contributed by atoms with E-state index in [0.29, 0.717) is 0 Å². The van der Waals surface area contributed by atoms with E-state index in [0.717, 1.165) is 0 Å². The topological polar surface area (TPSA) is 63.3 Å². The lowest BCUT2D eigenvalue weighted by molar-refractivity contribution is -0.142. The van der Waals surface area contributed by atoms with Crippen molar-refractivity contribution in [3.05, 3.63) is 0 Å². The van der Waals surface area contributed by atoms with Gasteiger partial charge in [0.05, 0.1) is 12.0 Å². The van der Waals surface area contributed by atoms with Gasteiger partial charge in [0.1, 0.15) is 0 Å². The first-order valence-corrected chi connectivity index (χ1v) is 4.29. The summed E-state index contributed by atoms with van der Waals surface area (Å²) >= 11 is 0. The van der Waals surface area contributed by atoms with Crippen molar-refractivity contribution in [3.8, 4) is 0 Å². The maximum absolute atomic E-state index is 13.0.